The van der Waals surface area contributed by atoms with E-state index < -0.39 is 0 Å². The number of phenolic OH excluding ortho intramolecular Hbond substituents is 2. The van der Waals surface area contributed by atoms with Crippen LogP contribution in [0.3, 0.4) is 0 Å². The number of hydrogen-bond donors (Lipinski definition) is 2. The lowest BCUT2D eigenvalue weighted by Gasteiger charge is -2.26. The van der Waals surface area contributed by atoms with Gasteiger partial charge < -0.3 is 19.8 Å². The molecule has 0 heterocycles. The molecule has 1 atom stereocenters. The molecule has 0 fully saturated rings. The lowest BCUT2D eigenvalue weighted by molar-refractivity contribution is -0.120. The molecule has 0 bridgehead atoms. The van der Waals surface area contributed by atoms with Gasteiger partial charge in [-0.3, -0.25) is 4.79 Å². The number of carbonyl (C=O) groups excluding carboxylic acids is 1. The standard InChI is InChI=1S/C17H17Br2NO4/c1-10(11-3-4-15(22)14(19)5-11)20(9-21)8-12-6-16(23)17(24-2)7-13(12)18/h3-7,9-10,22-23H,8H2,1-2H3/t10-/m1/s1. The van der Waals surface area contributed by atoms with E-state index in [-0.39, 0.29) is 17.5 Å². The monoisotopic (exact) mass is 457 g/mol. The Morgan fingerprint density at radius 1 is 1.17 bits per heavy atom. The Kier molecular flexibility index (Phi) is 6.12. The highest BCUT2D eigenvalue weighted by Gasteiger charge is 2.18. The van der Waals surface area contributed by atoms with Crippen LogP contribution in [-0.2, 0) is 11.3 Å². The van der Waals surface area contributed by atoms with Crippen molar-refractivity contribution in [3.8, 4) is 17.2 Å². The molecule has 0 unspecified atom stereocenters. The summed E-state index contributed by atoms with van der Waals surface area (Å²) in [5, 5.41) is 19.5. The zero-order valence-corrected chi connectivity index (χ0v) is 16.3. The van der Waals surface area contributed by atoms with Crippen LogP contribution < -0.4 is 4.74 Å². The molecular formula is C17H17Br2NO4. The Bertz CT molecular complexity index is 752. The summed E-state index contributed by atoms with van der Waals surface area (Å²) >= 11 is 6.71. The van der Waals surface area contributed by atoms with Gasteiger partial charge in [0.15, 0.2) is 11.5 Å². The average Bonchev–Trinajstić information content (AvgIpc) is 2.57. The maximum Gasteiger partial charge on any atom is 0.210 e. The van der Waals surface area contributed by atoms with Crippen LogP contribution in [0.5, 0.6) is 17.2 Å². The first kappa shape index (κ1) is 18.6. The Morgan fingerprint density at radius 2 is 1.88 bits per heavy atom. The van der Waals surface area contributed by atoms with Crippen molar-refractivity contribution in [2.45, 2.75) is 19.5 Å². The van der Waals surface area contributed by atoms with E-state index in [9.17, 15) is 15.0 Å². The Morgan fingerprint density at radius 3 is 2.46 bits per heavy atom. The fourth-order valence-electron chi connectivity index (χ4n) is 2.31. The third kappa shape index (κ3) is 4.02. The highest BCUT2D eigenvalue weighted by Crippen LogP contribution is 2.34. The average molecular weight is 459 g/mol. The number of carbonyl (C=O) groups is 1. The first-order chi connectivity index (χ1) is 11.4. The van der Waals surface area contributed by atoms with Crippen LogP contribution in [0.25, 0.3) is 0 Å². The maximum atomic E-state index is 11.6. The minimum atomic E-state index is -0.212. The van der Waals surface area contributed by atoms with Gasteiger partial charge in [-0.15, -0.1) is 0 Å². The highest BCUT2D eigenvalue weighted by molar-refractivity contribution is 9.10. The predicted molar refractivity (Wildman–Crippen MR) is 98.2 cm³/mol. The molecule has 128 valence electrons. The second-order valence-electron chi connectivity index (χ2n) is 5.28. The zero-order valence-electron chi connectivity index (χ0n) is 13.2. The molecule has 0 spiro atoms. The second kappa shape index (κ2) is 7.90. The van der Waals surface area contributed by atoms with Gasteiger partial charge in [-0.25, -0.2) is 0 Å². The van der Waals surface area contributed by atoms with Gasteiger partial charge in [0.25, 0.3) is 0 Å². The zero-order chi connectivity index (χ0) is 17.9. The molecule has 1 amide bonds. The number of methoxy groups -OCH3 is 1. The van der Waals surface area contributed by atoms with E-state index >= 15 is 0 Å². The smallest absolute Gasteiger partial charge is 0.210 e. The number of nitrogens with zero attached hydrogens (tertiary/aromatic N) is 1. The van der Waals surface area contributed by atoms with Crippen molar-refractivity contribution in [2.24, 2.45) is 0 Å². The molecule has 0 saturated heterocycles. The highest BCUT2D eigenvalue weighted by atomic mass is 79.9. The van der Waals surface area contributed by atoms with Gasteiger partial charge in [-0.2, -0.15) is 0 Å². The van der Waals surface area contributed by atoms with E-state index in [1.807, 2.05) is 6.92 Å². The second-order valence-corrected chi connectivity index (χ2v) is 6.99. The largest absolute Gasteiger partial charge is 0.507 e. The first-order valence-corrected chi connectivity index (χ1v) is 8.70. The Labute approximate surface area is 157 Å². The molecule has 0 aliphatic rings. The topological polar surface area (TPSA) is 70.0 Å². The van der Waals surface area contributed by atoms with Crippen LogP contribution in [0, 0.1) is 0 Å². The summed E-state index contributed by atoms with van der Waals surface area (Å²) < 4.78 is 6.37. The van der Waals surface area contributed by atoms with E-state index in [1.54, 1.807) is 35.2 Å². The third-order valence-electron chi connectivity index (χ3n) is 3.79. The SMILES string of the molecule is COc1cc(Br)c(CN(C=O)[C@H](C)c2ccc(O)c(Br)c2)cc1O. The minimum absolute atomic E-state index is 0.0154. The number of amides is 1. The van der Waals surface area contributed by atoms with Crippen molar-refractivity contribution in [3.63, 3.8) is 0 Å². The van der Waals surface area contributed by atoms with Crippen molar-refractivity contribution in [1.82, 2.24) is 4.90 Å². The number of aromatic hydroxyl groups is 2. The summed E-state index contributed by atoms with van der Waals surface area (Å²) in [6, 6.07) is 8.14. The number of rotatable bonds is 6. The van der Waals surface area contributed by atoms with Crippen molar-refractivity contribution in [3.05, 3.63) is 50.4 Å². The van der Waals surface area contributed by atoms with E-state index in [1.165, 1.54) is 7.11 Å². The van der Waals surface area contributed by atoms with Crippen LogP contribution in [-0.4, -0.2) is 28.6 Å². The summed E-state index contributed by atoms with van der Waals surface area (Å²) in [6.45, 7) is 2.20. The fourth-order valence-corrected chi connectivity index (χ4v) is 3.15. The van der Waals surface area contributed by atoms with Crippen molar-refractivity contribution in [1.29, 1.82) is 0 Å². The molecule has 0 radical (unpaired) electrons. The van der Waals surface area contributed by atoms with Gasteiger partial charge in [0.05, 0.1) is 17.6 Å². The van der Waals surface area contributed by atoms with E-state index in [4.69, 9.17) is 4.74 Å². The number of halogens is 2. The van der Waals surface area contributed by atoms with Crippen molar-refractivity contribution in [2.75, 3.05) is 7.11 Å². The molecule has 2 rings (SSSR count). The summed E-state index contributed by atoms with van der Waals surface area (Å²) in [5.41, 5.74) is 1.63. The fraction of sp³-hybridized carbons (Fsp3) is 0.235. The molecule has 2 aromatic carbocycles. The van der Waals surface area contributed by atoms with Crippen LogP contribution in [0.15, 0.2) is 39.3 Å². The van der Waals surface area contributed by atoms with E-state index in [2.05, 4.69) is 31.9 Å². The molecule has 0 saturated carbocycles. The van der Waals surface area contributed by atoms with E-state index in [0.717, 1.165) is 22.0 Å². The number of ether oxygens (including phenoxy) is 1. The third-order valence-corrected chi connectivity index (χ3v) is 5.16. The minimum Gasteiger partial charge on any atom is -0.507 e. The molecule has 2 N–H and O–H groups in total. The lowest BCUT2D eigenvalue weighted by Crippen LogP contribution is -2.25. The summed E-state index contributed by atoms with van der Waals surface area (Å²) in [6.07, 6.45) is 0.763. The van der Waals surface area contributed by atoms with Gasteiger partial charge in [0.1, 0.15) is 5.75 Å². The molecule has 2 aromatic rings. The molecule has 0 aromatic heterocycles. The molecule has 7 heteroatoms. The van der Waals surface area contributed by atoms with Crippen molar-refractivity contribution < 1.29 is 19.7 Å². The lowest BCUT2D eigenvalue weighted by atomic mass is 10.1. The Balaban J connectivity index is 2.27. The van der Waals surface area contributed by atoms with Gasteiger partial charge >= 0.3 is 0 Å². The summed E-state index contributed by atoms with van der Waals surface area (Å²) in [7, 11) is 1.48. The summed E-state index contributed by atoms with van der Waals surface area (Å²) in [4.78, 5) is 13.2. The Hall–Kier alpha value is -1.73. The number of benzene rings is 2. The van der Waals surface area contributed by atoms with E-state index in [0.29, 0.717) is 16.8 Å². The molecular weight excluding hydrogens is 442 g/mol. The number of phenols is 2. The van der Waals surface area contributed by atoms with Crippen LogP contribution in [0.1, 0.15) is 24.1 Å². The molecule has 24 heavy (non-hydrogen) atoms. The normalized spacial score (nSPS) is 11.8. The first-order valence-electron chi connectivity index (χ1n) is 7.12. The van der Waals surface area contributed by atoms with Gasteiger partial charge in [-0.05, 0) is 58.2 Å². The predicted octanol–water partition coefficient (Wildman–Crippen LogP) is 4.35. The maximum absolute atomic E-state index is 11.6. The van der Waals surface area contributed by atoms with Crippen LogP contribution in [0.2, 0.25) is 0 Å². The van der Waals surface area contributed by atoms with Crippen molar-refractivity contribution >= 4 is 38.3 Å². The van der Waals surface area contributed by atoms with Crippen LogP contribution >= 0.6 is 31.9 Å². The quantitative estimate of drug-likeness (QED) is 0.631. The van der Waals surface area contributed by atoms with Crippen LogP contribution in [0.4, 0.5) is 0 Å². The molecule has 0 aliphatic heterocycles. The molecule has 5 nitrogen and oxygen atoms in total. The summed E-state index contributed by atoms with van der Waals surface area (Å²) in [5.74, 6) is 0.520. The number of hydrogen-bond acceptors (Lipinski definition) is 4. The molecule has 0 aliphatic carbocycles. The van der Waals surface area contributed by atoms with Gasteiger partial charge in [0, 0.05) is 11.0 Å². The van der Waals surface area contributed by atoms with Gasteiger partial charge in [0.2, 0.25) is 6.41 Å². The van der Waals surface area contributed by atoms with Gasteiger partial charge in [-0.1, -0.05) is 22.0 Å².